The minimum Gasteiger partial charge on any atom is -0.493 e. The second kappa shape index (κ2) is 10.5. The van der Waals surface area contributed by atoms with Gasteiger partial charge in [0.25, 0.3) is 5.91 Å². The van der Waals surface area contributed by atoms with E-state index in [1.165, 1.54) is 26.4 Å². The maximum absolute atomic E-state index is 12.8. The molecule has 1 aliphatic heterocycles. The summed E-state index contributed by atoms with van der Waals surface area (Å²) in [5.41, 5.74) is 0.546. The average molecular weight is 449 g/mol. The molecule has 31 heavy (non-hydrogen) atoms. The first kappa shape index (κ1) is 22.9. The summed E-state index contributed by atoms with van der Waals surface area (Å²) >= 11 is 0. The molecule has 0 aliphatic carbocycles. The van der Waals surface area contributed by atoms with Crippen LogP contribution in [-0.4, -0.2) is 52.5 Å². The number of amides is 1. The first-order valence-corrected chi connectivity index (χ1v) is 11.6. The van der Waals surface area contributed by atoms with Crippen LogP contribution in [0.3, 0.4) is 0 Å². The third-order valence-corrected chi connectivity index (χ3v) is 6.98. The monoisotopic (exact) mass is 448 g/mol. The van der Waals surface area contributed by atoms with Gasteiger partial charge in [-0.15, -0.1) is 0 Å². The van der Waals surface area contributed by atoms with E-state index in [-0.39, 0.29) is 17.4 Å². The fourth-order valence-electron chi connectivity index (χ4n) is 3.40. The van der Waals surface area contributed by atoms with Gasteiger partial charge in [-0.3, -0.25) is 4.79 Å². The molecule has 1 amide bonds. The predicted octanol–water partition coefficient (Wildman–Crippen LogP) is 3.29. The van der Waals surface area contributed by atoms with Gasteiger partial charge in [0, 0.05) is 24.8 Å². The first-order chi connectivity index (χ1) is 14.9. The van der Waals surface area contributed by atoms with Gasteiger partial charge < -0.3 is 19.5 Å². The number of methoxy groups -OCH3 is 2. The highest BCUT2D eigenvalue weighted by molar-refractivity contribution is 7.89. The quantitative estimate of drug-likeness (QED) is 0.666. The van der Waals surface area contributed by atoms with Crippen LogP contribution in [0.15, 0.2) is 47.4 Å². The standard InChI is InChI=1S/C22H28N2O6S/c1-28-20-12-7-17(15-21(20)29-2)23-22(25)16-30-18-8-10-19(11-9-18)31(26,27)24-13-5-3-4-6-14-24/h7-12,15H,3-6,13-14,16H2,1-2H3,(H,23,25). The number of nitrogens with zero attached hydrogens (tertiary/aromatic N) is 1. The summed E-state index contributed by atoms with van der Waals surface area (Å²) in [6, 6.07) is 11.2. The van der Waals surface area contributed by atoms with Gasteiger partial charge in [0.05, 0.1) is 19.1 Å². The number of sulfonamides is 1. The van der Waals surface area contributed by atoms with Crippen LogP contribution in [0.5, 0.6) is 17.2 Å². The van der Waals surface area contributed by atoms with E-state index in [2.05, 4.69) is 5.32 Å². The van der Waals surface area contributed by atoms with E-state index in [1.807, 2.05) is 0 Å². The lowest BCUT2D eigenvalue weighted by Gasteiger charge is -2.20. The summed E-state index contributed by atoms with van der Waals surface area (Å²) in [7, 11) is -0.457. The molecule has 2 aromatic carbocycles. The van der Waals surface area contributed by atoms with Crippen LogP contribution in [0.4, 0.5) is 5.69 Å². The SMILES string of the molecule is COc1ccc(NC(=O)COc2ccc(S(=O)(=O)N3CCCCCC3)cc2)cc1OC. The second-order valence-corrected chi connectivity index (χ2v) is 9.13. The van der Waals surface area contributed by atoms with Crippen molar-refractivity contribution < 1.29 is 27.4 Å². The van der Waals surface area contributed by atoms with E-state index >= 15 is 0 Å². The van der Waals surface area contributed by atoms with Crippen molar-refractivity contribution >= 4 is 21.6 Å². The summed E-state index contributed by atoms with van der Waals surface area (Å²) < 4.78 is 43.1. The molecule has 9 heteroatoms. The zero-order chi connectivity index (χ0) is 22.3. The van der Waals surface area contributed by atoms with Gasteiger partial charge in [-0.2, -0.15) is 4.31 Å². The van der Waals surface area contributed by atoms with Crippen molar-refractivity contribution in [1.82, 2.24) is 4.31 Å². The third-order valence-electron chi connectivity index (χ3n) is 5.06. The van der Waals surface area contributed by atoms with Crippen LogP contribution in [0.25, 0.3) is 0 Å². The Morgan fingerprint density at radius 2 is 1.58 bits per heavy atom. The van der Waals surface area contributed by atoms with Crippen molar-refractivity contribution in [2.75, 3.05) is 39.2 Å². The molecule has 0 spiro atoms. The van der Waals surface area contributed by atoms with Gasteiger partial charge in [0.1, 0.15) is 5.75 Å². The lowest BCUT2D eigenvalue weighted by Crippen LogP contribution is -2.31. The molecule has 1 fully saturated rings. The molecule has 0 atom stereocenters. The molecule has 2 aromatic rings. The van der Waals surface area contributed by atoms with Crippen molar-refractivity contribution in [3.05, 3.63) is 42.5 Å². The van der Waals surface area contributed by atoms with Crippen molar-refractivity contribution in [2.24, 2.45) is 0 Å². The van der Waals surface area contributed by atoms with Gasteiger partial charge in [0.15, 0.2) is 18.1 Å². The number of nitrogens with one attached hydrogen (secondary N) is 1. The molecular formula is C22H28N2O6S. The Bertz CT molecular complexity index is 984. The fourth-order valence-corrected chi connectivity index (χ4v) is 4.92. The van der Waals surface area contributed by atoms with Crippen LogP contribution in [-0.2, 0) is 14.8 Å². The zero-order valence-electron chi connectivity index (χ0n) is 17.8. The van der Waals surface area contributed by atoms with Crippen LogP contribution < -0.4 is 19.5 Å². The number of carbonyl (C=O) groups is 1. The van der Waals surface area contributed by atoms with E-state index in [1.54, 1.807) is 34.6 Å². The second-order valence-electron chi connectivity index (χ2n) is 7.20. The number of ether oxygens (including phenoxy) is 3. The lowest BCUT2D eigenvalue weighted by molar-refractivity contribution is -0.118. The van der Waals surface area contributed by atoms with Crippen LogP contribution in [0, 0.1) is 0 Å². The number of benzene rings is 2. The molecule has 168 valence electrons. The summed E-state index contributed by atoms with van der Waals surface area (Å²) in [6.07, 6.45) is 3.89. The highest BCUT2D eigenvalue weighted by atomic mass is 32.2. The highest BCUT2D eigenvalue weighted by Gasteiger charge is 2.25. The minimum atomic E-state index is -3.51. The number of rotatable bonds is 8. The van der Waals surface area contributed by atoms with Gasteiger partial charge in [-0.25, -0.2) is 8.42 Å². The van der Waals surface area contributed by atoms with Gasteiger partial charge >= 0.3 is 0 Å². The van der Waals surface area contributed by atoms with Crippen LogP contribution >= 0.6 is 0 Å². The van der Waals surface area contributed by atoms with E-state index in [9.17, 15) is 13.2 Å². The topological polar surface area (TPSA) is 94.2 Å². The van der Waals surface area contributed by atoms with E-state index in [0.717, 1.165) is 25.7 Å². The van der Waals surface area contributed by atoms with Crippen LogP contribution in [0.2, 0.25) is 0 Å². The zero-order valence-corrected chi connectivity index (χ0v) is 18.6. The molecule has 8 nitrogen and oxygen atoms in total. The Hall–Kier alpha value is -2.78. The Morgan fingerprint density at radius 1 is 0.935 bits per heavy atom. The highest BCUT2D eigenvalue weighted by Crippen LogP contribution is 2.29. The van der Waals surface area contributed by atoms with Crippen LogP contribution in [0.1, 0.15) is 25.7 Å². The average Bonchev–Trinajstić information content (AvgIpc) is 3.08. The molecule has 0 saturated carbocycles. The van der Waals surface area contributed by atoms with E-state index < -0.39 is 10.0 Å². The largest absolute Gasteiger partial charge is 0.493 e. The van der Waals surface area contributed by atoms with E-state index in [4.69, 9.17) is 14.2 Å². The summed E-state index contributed by atoms with van der Waals surface area (Å²) in [5, 5.41) is 2.72. The molecule has 1 aliphatic rings. The maximum atomic E-state index is 12.8. The number of hydrogen-bond donors (Lipinski definition) is 1. The van der Waals surface area contributed by atoms with Gasteiger partial charge in [0.2, 0.25) is 10.0 Å². The summed E-state index contributed by atoms with van der Waals surface area (Å²) in [4.78, 5) is 12.4. The van der Waals surface area contributed by atoms with Crippen molar-refractivity contribution in [3.8, 4) is 17.2 Å². The van der Waals surface area contributed by atoms with Crippen molar-refractivity contribution in [3.63, 3.8) is 0 Å². The Balaban J connectivity index is 1.57. The summed E-state index contributed by atoms with van der Waals surface area (Å²) in [5.74, 6) is 1.13. The maximum Gasteiger partial charge on any atom is 0.262 e. The molecule has 3 rings (SSSR count). The fraction of sp³-hybridized carbons (Fsp3) is 0.409. The third kappa shape index (κ3) is 5.89. The Labute approximate surface area is 183 Å². The lowest BCUT2D eigenvalue weighted by atomic mass is 10.2. The molecule has 0 aromatic heterocycles. The molecule has 0 unspecified atom stereocenters. The predicted molar refractivity (Wildman–Crippen MR) is 117 cm³/mol. The van der Waals surface area contributed by atoms with Gasteiger partial charge in [-0.1, -0.05) is 12.8 Å². The number of anilines is 1. The Morgan fingerprint density at radius 3 is 2.19 bits per heavy atom. The molecule has 1 saturated heterocycles. The van der Waals surface area contributed by atoms with Gasteiger partial charge in [-0.05, 0) is 49.2 Å². The smallest absolute Gasteiger partial charge is 0.262 e. The molecule has 1 N–H and O–H groups in total. The normalized spacial score (nSPS) is 15.0. The minimum absolute atomic E-state index is 0.216. The molecular weight excluding hydrogens is 420 g/mol. The van der Waals surface area contributed by atoms with Crippen molar-refractivity contribution in [1.29, 1.82) is 0 Å². The molecule has 1 heterocycles. The Kier molecular flexibility index (Phi) is 7.75. The van der Waals surface area contributed by atoms with E-state index in [0.29, 0.717) is 36.0 Å². The van der Waals surface area contributed by atoms with Crippen molar-refractivity contribution in [2.45, 2.75) is 30.6 Å². The number of carbonyl (C=O) groups excluding carboxylic acids is 1. The molecule has 0 radical (unpaired) electrons. The molecule has 0 bridgehead atoms. The summed E-state index contributed by atoms with van der Waals surface area (Å²) in [6.45, 7) is 0.889. The first-order valence-electron chi connectivity index (χ1n) is 10.2. The number of hydrogen-bond acceptors (Lipinski definition) is 6.